The van der Waals surface area contributed by atoms with Crippen LogP contribution in [-0.2, 0) is 4.79 Å². The third-order valence-corrected chi connectivity index (χ3v) is 5.72. The van der Waals surface area contributed by atoms with Crippen LogP contribution in [0.25, 0.3) is 5.69 Å². The number of benzene rings is 2. The van der Waals surface area contributed by atoms with Gasteiger partial charge < -0.3 is 10.4 Å². The van der Waals surface area contributed by atoms with E-state index in [2.05, 4.69) is 26.2 Å². The van der Waals surface area contributed by atoms with Crippen molar-refractivity contribution in [2.24, 2.45) is 0 Å². The maximum atomic E-state index is 12.0. The Labute approximate surface area is 157 Å². The second-order valence-corrected chi connectivity index (χ2v) is 7.67. The molecule has 0 unspecified atom stereocenters. The average Bonchev–Trinajstić information content (AvgIpc) is 2.92. The molecule has 0 fully saturated rings. The van der Waals surface area contributed by atoms with E-state index < -0.39 is 0 Å². The number of imidazole rings is 1. The van der Waals surface area contributed by atoms with Crippen molar-refractivity contribution in [2.45, 2.75) is 5.25 Å². The van der Waals surface area contributed by atoms with Gasteiger partial charge in [0.2, 0.25) is 5.91 Å². The number of carbonyl (C=O) groups excluding carboxylic acids is 1. The number of nitrogens with zero attached hydrogens (tertiary/aromatic N) is 2. The van der Waals surface area contributed by atoms with Crippen molar-refractivity contribution in [3.63, 3.8) is 0 Å². The third kappa shape index (κ3) is 3.17. The van der Waals surface area contributed by atoms with Crippen molar-refractivity contribution in [1.29, 1.82) is 0 Å². The van der Waals surface area contributed by atoms with Crippen LogP contribution in [-0.4, -0.2) is 26.3 Å². The van der Waals surface area contributed by atoms with Crippen molar-refractivity contribution in [1.82, 2.24) is 9.55 Å². The summed E-state index contributed by atoms with van der Waals surface area (Å²) in [6.07, 6.45) is 1.73. The van der Waals surface area contributed by atoms with Crippen LogP contribution in [0.5, 0.6) is 5.75 Å². The molecule has 126 valence electrons. The summed E-state index contributed by atoms with van der Waals surface area (Å²) in [5.74, 6) is 1.08. The smallest absolute Gasteiger partial charge is 0.235 e. The number of hydrogen-bond donors (Lipinski definition) is 2. The van der Waals surface area contributed by atoms with Gasteiger partial charge in [-0.3, -0.25) is 9.36 Å². The minimum absolute atomic E-state index is 0.0629. The Balaban J connectivity index is 1.88. The molecule has 1 atom stereocenters. The second-order valence-electron chi connectivity index (χ2n) is 5.66. The highest BCUT2D eigenvalue weighted by Gasteiger charge is 2.29. The number of fused-ring (bicyclic) bond motifs is 1. The Morgan fingerprint density at radius 3 is 2.80 bits per heavy atom. The minimum atomic E-state index is -0.0731. The SMILES string of the molecule is O=C1CS[C@H](c2ccc(O)cc2)c2c(ncn2-c2cccc(Br)c2)N1. The Hall–Kier alpha value is -2.25. The lowest BCUT2D eigenvalue weighted by molar-refractivity contribution is -0.113. The van der Waals surface area contributed by atoms with Crippen LogP contribution in [0.2, 0.25) is 0 Å². The van der Waals surface area contributed by atoms with Gasteiger partial charge in [0.15, 0.2) is 5.82 Å². The molecular formula is C18H14BrN3O2S. The third-order valence-electron chi connectivity index (χ3n) is 3.97. The van der Waals surface area contributed by atoms with Crippen LogP contribution >= 0.6 is 27.7 Å². The molecule has 7 heteroatoms. The van der Waals surface area contributed by atoms with Crippen molar-refractivity contribution < 1.29 is 9.90 Å². The highest BCUT2D eigenvalue weighted by atomic mass is 79.9. The van der Waals surface area contributed by atoms with Gasteiger partial charge in [-0.1, -0.05) is 34.1 Å². The van der Waals surface area contributed by atoms with Gasteiger partial charge in [0, 0.05) is 10.2 Å². The van der Waals surface area contributed by atoms with Crippen LogP contribution in [0.15, 0.2) is 59.3 Å². The number of aromatic nitrogens is 2. The fraction of sp³-hybridized carbons (Fsp3) is 0.111. The summed E-state index contributed by atoms with van der Waals surface area (Å²) in [5, 5.41) is 12.4. The maximum Gasteiger partial charge on any atom is 0.235 e. The Morgan fingerprint density at radius 2 is 2.04 bits per heavy atom. The van der Waals surface area contributed by atoms with Gasteiger partial charge in [-0.25, -0.2) is 4.98 Å². The molecule has 25 heavy (non-hydrogen) atoms. The monoisotopic (exact) mass is 415 g/mol. The molecule has 2 aromatic carbocycles. The number of phenols is 1. The summed E-state index contributed by atoms with van der Waals surface area (Å²) in [6, 6.07) is 15.0. The average molecular weight is 416 g/mol. The van der Waals surface area contributed by atoms with Crippen molar-refractivity contribution in [3.8, 4) is 11.4 Å². The molecule has 0 radical (unpaired) electrons. The number of hydrogen-bond acceptors (Lipinski definition) is 4. The molecule has 0 saturated carbocycles. The standard InChI is InChI=1S/C18H14BrN3O2S/c19-12-2-1-3-13(8-12)22-10-20-18-16(22)17(25-9-15(24)21-18)11-4-6-14(23)7-5-11/h1-8,10,17,23H,9H2,(H,21,24)/t17-/m1/s1. The maximum absolute atomic E-state index is 12.0. The van der Waals surface area contributed by atoms with Gasteiger partial charge in [0.25, 0.3) is 0 Å². The highest BCUT2D eigenvalue weighted by molar-refractivity contribution is 9.10. The number of amides is 1. The van der Waals surface area contributed by atoms with E-state index in [1.54, 1.807) is 30.2 Å². The number of rotatable bonds is 2. The van der Waals surface area contributed by atoms with Crippen LogP contribution in [0.1, 0.15) is 16.5 Å². The molecule has 0 spiro atoms. The molecule has 1 aromatic heterocycles. The van der Waals surface area contributed by atoms with Crippen molar-refractivity contribution in [3.05, 3.63) is 70.6 Å². The fourth-order valence-electron chi connectivity index (χ4n) is 2.85. The van der Waals surface area contributed by atoms with Gasteiger partial charge in [-0.2, -0.15) is 0 Å². The molecule has 5 nitrogen and oxygen atoms in total. The topological polar surface area (TPSA) is 67.1 Å². The molecule has 2 N–H and O–H groups in total. The minimum Gasteiger partial charge on any atom is -0.508 e. The first-order valence-electron chi connectivity index (χ1n) is 7.65. The molecule has 0 aliphatic carbocycles. The van der Waals surface area contributed by atoms with E-state index >= 15 is 0 Å². The van der Waals surface area contributed by atoms with Crippen molar-refractivity contribution in [2.75, 3.05) is 11.1 Å². The van der Waals surface area contributed by atoms with Gasteiger partial charge in [-0.15, -0.1) is 11.8 Å². The van der Waals surface area contributed by atoms with Crippen LogP contribution < -0.4 is 5.32 Å². The van der Waals surface area contributed by atoms with Gasteiger partial charge in [-0.05, 0) is 35.9 Å². The van der Waals surface area contributed by atoms with E-state index in [9.17, 15) is 9.90 Å². The Morgan fingerprint density at radius 1 is 1.24 bits per heavy atom. The van der Waals surface area contributed by atoms with Crippen LogP contribution in [0.3, 0.4) is 0 Å². The largest absolute Gasteiger partial charge is 0.508 e. The van der Waals surface area contributed by atoms with E-state index in [1.807, 2.05) is 41.0 Å². The Kier molecular flexibility index (Phi) is 4.27. The summed E-state index contributed by atoms with van der Waals surface area (Å²) in [6.45, 7) is 0. The number of phenolic OH excluding ortho intramolecular Hbond substituents is 1. The summed E-state index contributed by atoms with van der Waals surface area (Å²) >= 11 is 5.05. The predicted octanol–water partition coefficient (Wildman–Crippen LogP) is 4.12. The highest BCUT2D eigenvalue weighted by Crippen LogP contribution is 2.42. The van der Waals surface area contributed by atoms with Gasteiger partial charge in [0.05, 0.1) is 16.7 Å². The molecular weight excluding hydrogens is 402 g/mol. The molecule has 1 amide bonds. The van der Waals surface area contributed by atoms with Gasteiger partial charge >= 0.3 is 0 Å². The normalized spacial score (nSPS) is 16.8. The summed E-state index contributed by atoms with van der Waals surface area (Å²) in [5.41, 5.74) is 2.89. The zero-order valence-corrected chi connectivity index (χ0v) is 15.4. The van der Waals surface area contributed by atoms with Crippen molar-refractivity contribution >= 4 is 39.4 Å². The summed E-state index contributed by atoms with van der Waals surface area (Å²) in [7, 11) is 0. The van der Waals surface area contributed by atoms with E-state index in [0.29, 0.717) is 11.6 Å². The molecule has 0 saturated heterocycles. The Bertz CT molecular complexity index is 940. The zero-order chi connectivity index (χ0) is 17.4. The predicted molar refractivity (Wildman–Crippen MR) is 102 cm³/mol. The molecule has 4 rings (SSSR count). The lowest BCUT2D eigenvalue weighted by Crippen LogP contribution is -2.12. The van der Waals surface area contributed by atoms with Gasteiger partial charge in [0.1, 0.15) is 12.1 Å². The zero-order valence-electron chi connectivity index (χ0n) is 13.0. The van der Waals surface area contributed by atoms with E-state index in [4.69, 9.17) is 0 Å². The van der Waals surface area contributed by atoms with E-state index in [1.165, 1.54) is 0 Å². The van der Waals surface area contributed by atoms with Crippen LogP contribution in [0, 0.1) is 0 Å². The molecule has 1 aliphatic heterocycles. The van der Waals surface area contributed by atoms with E-state index in [0.717, 1.165) is 21.4 Å². The number of thioether (sulfide) groups is 1. The summed E-state index contributed by atoms with van der Waals surface area (Å²) < 4.78 is 2.97. The quantitative estimate of drug-likeness (QED) is 0.660. The number of carbonyl (C=O) groups is 1. The summed E-state index contributed by atoms with van der Waals surface area (Å²) in [4.78, 5) is 16.5. The number of anilines is 1. The first-order chi connectivity index (χ1) is 12.1. The first-order valence-corrected chi connectivity index (χ1v) is 9.49. The fourth-order valence-corrected chi connectivity index (χ4v) is 4.36. The number of aromatic hydroxyl groups is 1. The molecule has 1 aliphatic rings. The molecule has 3 aromatic rings. The van der Waals surface area contributed by atoms with Crippen LogP contribution in [0.4, 0.5) is 5.82 Å². The van der Waals surface area contributed by atoms with E-state index in [-0.39, 0.29) is 16.9 Å². The lowest BCUT2D eigenvalue weighted by atomic mass is 10.1. The number of nitrogens with one attached hydrogen (secondary N) is 1. The number of halogens is 1. The lowest BCUT2D eigenvalue weighted by Gasteiger charge is -2.18. The molecule has 0 bridgehead atoms. The first kappa shape index (κ1) is 16.2. The second kappa shape index (κ2) is 6.57. The molecule has 2 heterocycles.